The zero-order valence-corrected chi connectivity index (χ0v) is 24.6. The Morgan fingerprint density at radius 2 is 1.80 bits per heavy atom. The minimum atomic E-state index is -3.06. The number of benzene rings is 1. The second-order valence-corrected chi connectivity index (χ2v) is 12.2. The molecule has 0 spiro atoms. The Labute approximate surface area is 239 Å². The fourth-order valence-corrected chi connectivity index (χ4v) is 5.87. The zero-order valence-electron chi connectivity index (χ0n) is 24.6. The molecule has 3 heterocycles. The summed E-state index contributed by atoms with van der Waals surface area (Å²) in [5.74, 6) is -0.378. The third kappa shape index (κ3) is 7.72. The normalized spacial score (nSPS) is 21.3. The number of piperidine rings is 1. The molecule has 9 nitrogen and oxygen atoms in total. The number of ether oxygens (including phenoxy) is 2. The zero-order chi connectivity index (χ0) is 29.9. The van der Waals surface area contributed by atoms with Crippen LogP contribution >= 0.6 is 0 Å². The first kappa shape index (κ1) is 30.7. The Balaban J connectivity index is 1.48. The molecule has 2 fully saturated rings. The van der Waals surface area contributed by atoms with Gasteiger partial charge in [-0.25, -0.2) is 9.37 Å². The molecule has 4 rings (SSSR count). The van der Waals surface area contributed by atoms with Gasteiger partial charge in [-0.15, -0.1) is 0 Å². The molecule has 1 aromatic carbocycles. The molecule has 2 aliphatic heterocycles. The largest absolute Gasteiger partial charge is 0.486 e. The number of anilines is 3. The van der Waals surface area contributed by atoms with Crippen molar-refractivity contribution in [1.29, 1.82) is 0 Å². The molecule has 2 aliphatic rings. The highest BCUT2D eigenvalue weighted by Crippen LogP contribution is 2.38. The summed E-state index contributed by atoms with van der Waals surface area (Å²) in [6.07, 6.45) is 4.43. The first-order valence-corrected chi connectivity index (χ1v) is 14.0. The summed E-state index contributed by atoms with van der Waals surface area (Å²) in [5.41, 5.74) is 0.174. The van der Waals surface area contributed by atoms with E-state index < -0.39 is 12.4 Å². The summed E-state index contributed by atoms with van der Waals surface area (Å²) in [5, 5.41) is 6.21. The third-order valence-corrected chi connectivity index (χ3v) is 8.22. The van der Waals surface area contributed by atoms with Crippen LogP contribution in [-0.4, -0.2) is 75.6 Å². The summed E-state index contributed by atoms with van der Waals surface area (Å²) in [4.78, 5) is 24.2. The highest BCUT2D eigenvalue weighted by Gasteiger charge is 2.43. The van der Waals surface area contributed by atoms with Crippen LogP contribution in [0.15, 0.2) is 24.4 Å². The molecular weight excluding hydrogens is 537 g/mol. The van der Waals surface area contributed by atoms with Crippen molar-refractivity contribution >= 4 is 23.4 Å². The lowest BCUT2D eigenvalue weighted by molar-refractivity contribution is -0.128. The number of rotatable bonds is 8. The molecule has 0 bridgehead atoms. The molecule has 226 valence electrons. The molecule has 2 aromatic rings. The van der Waals surface area contributed by atoms with Gasteiger partial charge in [0.2, 0.25) is 11.9 Å². The second-order valence-electron chi connectivity index (χ2n) is 12.2. The SMILES string of the molecule is CC(=O)N1CCCC(Oc2ccc(Nc3ncc(F)c(NC4CC(C)(C)N(C)C(C)(C)C4)n3)cc2OC(F)F)CC1. The van der Waals surface area contributed by atoms with E-state index in [9.17, 15) is 18.0 Å². The fourth-order valence-electron chi connectivity index (χ4n) is 5.87. The van der Waals surface area contributed by atoms with Crippen LogP contribution in [0.3, 0.4) is 0 Å². The van der Waals surface area contributed by atoms with Gasteiger partial charge in [0.05, 0.1) is 6.20 Å². The molecule has 0 aliphatic carbocycles. The van der Waals surface area contributed by atoms with E-state index in [4.69, 9.17) is 9.47 Å². The molecule has 12 heteroatoms. The van der Waals surface area contributed by atoms with E-state index in [0.29, 0.717) is 31.6 Å². The predicted octanol–water partition coefficient (Wildman–Crippen LogP) is 5.80. The van der Waals surface area contributed by atoms with E-state index in [2.05, 4.69) is 60.2 Å². The lowest BCUT2D eigenvalue weighted by atomic mass is 9.77. The maximum absolute atomic E-state index is 14.7. The molecule has 0 radical (unpaired) electrons. The number of carbonyl (C=O) groups is 1. The Bertz CT molecular complexity index is 1210. The molecular formula is C29H41F3N6O3. The van der Waals surface area contributed by atoms with Crippen molar-refractivity contribution in [3.05, 3.63) is 30.2 Å². The minimum absolute atomic E-state index is 0.00296. The summed E-state index contributed by atoms with van der Waals surface area (Å²) in [6, 6.07) is 4.54. The average Bonchev–Trinajstić information content (AvgIpc) is 3.11. The van der Waals surface area contributed by atoms with Gasteiger partial charge in [-0.2, -0.15) is 13.8 Å². The maximum atomic E-state index is 14.7. The summed E-state index contributed by atoms with van der Waals surface area (Å²) >= 11 is 0. The van der Waals surface area contributed by atoms with E-state index in [-0.39, 0.29) is 52.4 Å². The van der Waals surface area contributed by atoms with Gasteiger partial charge < -0.3 is 25.0 Å². The van der Waals surface area contributed by atoms with Gasteiger partial charge in [0.15, 0.2) is 23.1 Å². The number of amides is 1. The minimum Gasteiger partial charge on any atom is -0.486 e. The third-order valence-electron chi connectivity index (χ3n) is 8.22. The monoisotopic (exact) mass is 578 g/mol. The summed E-state index contributed by atoms with van der Waals surface area (Å²) in [6.45, 7) is 8.29. The van der Waals surface area contributed by atoms with Gasteiger partial charge in [0, 0.05) is 55.3 Å². The van der Waals surface area contributed by atoms with Crippen LogP contribution in [0, 0.1) is 5.82 Å². The standard InChI is InChI=1S/C29H41F3N6O3/c1-18(39)38-12-7-8-21(11-13-38)40-23-10-9-19(14-24(23)41-26(31)32)35-27-33-17-22(30)25(36-27)34-20-15-28(2,3)37(6)29(4,5)16-20/h9-10,14,17,20-21,26H,7-8,11-13,15-16H2,1-6H3,(H2,33,34,35,36). The van der Waals surface area contributed by atoms with Crippen molar-refractivity contribution in [2.24, 2.45) is 0 Å². The number of alkyl halides is 2. The molecule has 2 N–H and O–H groups in total. The number of nitrogens with zero attached hydrogens (tertiary/aromatic N) is 4. The molecule has 1 aromatic heterocycles. The second kappa shape index (κ2) is 12.3. The van der Waals surface area contributed by atoms with Crippen molar-refractivity contribution < 1.29 is 27.4 Å². The molecule has 2 saturated heterocycles. The van der Waals surface area contributed by atoms with Crippen LogP contribution < -0.4 is 20.1 Å². The Morgan fingerprint density at radius 1 is 1.10 bits per heavy atom. The van der Waals surface area contributed by atoms with Crippen molar-refractivity contribution in [3.8, 4) is 11.5 Å². The Kier molecular flexibility index (Phi) is 9.20. The number of nitrogens with one attached hydrogen (secondary N) is 2. The number of hydrogen-bond donors (Lipinski definition) is 2. The fraction of sp³-hybridized carbons (Fsp3) is 0.621. The highest BCUT2D eigenvalue weighted by molar-refractivity contribution is 5.73. The summed E-state index contributed by atoms with van der Waals surface area (Å²) in [7, 11) is 2.10. The van der Waals surface area contributed by atoms with Gasteiger partial charge in [0.25, 0.3) is 0 Å². The number of carbonyl (C=O) groups excluding carboxylic acids is 1. The van der Waals surface area contributed by atoms with Crippen LogP contribution in [0.1, 0.15) is 66.7 Å². The van der Waals surface area contributed by atoms with E-state index in [1.807, 2.05) is 0 Å². The smallest absolute Gasteiger partial charge is 0.387 e. The van der Waals surface area contributed by atoms with Crippen LogP contribution in [0.4, 0.5) is 30.6 Å². The van der Waals surface area contributed by atoms with E-state index in [0.717, 1.165) is 25.5 Å². The maximum Gasteiger partial charge on any atom is 0.387 e. The average molecular weight is 579 g/mol. The topological polar surface area (TPSA) is 91.8 Å². The van der Waals surface area contributed by atoms with Crippen molar-refractivity contribution in [3.63, 3.8) is 0 Å². The van der Waals surface area contributed by atoms with Crippen molar-refractivity contribution in [2.75, 3.05) is 30.8 Å². The number of halogens is 3. The van der Waals surface area contributed by atoms with Gasteiger partial charge >= 0.3 is 6.61 Å². The Hall–Kier alpha value is -3.28. The molecule has 1 unspecified atom stereocenters. The van der Waals surface area contributed by atoms with Crippen molar-refractivity contribution in [2.45, 2.75) is 96.6 Å². The first-order chi connectivity index (χ1) is 19.2. The lowest BCUT2D eigenvalue weighted by Gasteiger charge is -2.53. The quantitative estimate of drug-likeness (QED) is 0.406. The van der Waals surface area contributed by atoms with Crippen LogP contribution in [0.25, 0.3) is 0 Å². The van der Waals surface area contributed by atoms with Gasteiger partial charge in [0.1, 0.15) is 6.10 Å². The van der Waals surface area contributed by atoms with Crippen LogP contribution in [0.2, 0.25) is 0 Å². The molecule has 0 saturated carbocycles. The molecule has 1 amide bonds. The highest BCUT2D eigenvalue weighted by atomic mass is 19.3. The van der Waals surface area contributed by atoms with Crippen LogP contribution in [-0.2, 0) is 4.79 Å². The number of likely N-dealkylation sites (tertiary alicyclic amines) is 2. The predicted molar refractivity (Wildman–Crippen MR) is 151 cm³/mol. The lowest BCUT2D eigenvalue weighted by Crippen LogP contribution is -2.61. The number of hydrogen-bond acceptors (Lipinski definition) is 8. The van der Waals surface area contributed by atoms with E-state index >= 15 is 0 Å². The van der Waals surface area contributed by atoms with Gasteiger partial charge in [-0.05, 0) is 72.6 Å². The van der Waals surface area contributed by atoms with Crippen molar-refractivity contribution in [1.82, 2.24) is 19.8 Å². The molecule has 1 atom stereocenters. The van der Waals surface area contributed by atoms with E-state index in [1.165, 1.54) is 13.0 Å². The van der Waals surface area contributed by atoms with Gasteiger partial charge in [-0.3, -0.25) is 9.69 Å². The number of aromatic nitrogens is 2. The van der Waals surface area contributed by atoms with Crippen LogP contribution in [0.5, 0.6) is 11.5 Å². The Morgan fingerprint density at radius 3 is 2.46 bits per heavy atom. The summed E-state index contributed by atoms with van der Waals surface area (Å²) < 4.78 is 52.1. The first-order valence-electron chi connectivity index (χ1n) is 14.0. The van der Waals surface area contributed by atoms with E-state index in [1.54, 1.807) is 17.0 Å². The molecule has 41 heavy (non-hydrogen) atoms. The van der Waals surface area contributed by atoms with Gasteiger partial charge in [-0.1, -0.05) is 0 Å².